The zero-order valence-corrected chi connectivity index (χ0v) is 16.7. The Bertz CT molecular complexity index is 1250. The first-order valence-electron chi connectivity index (χ1n) is 8.82. The minimum Gasteiger partial charge on any atom is -0.495 e. The molecule has 152 valence electrons. The Morgan fingerprint density at radius 3 is 2.73 bits per heavy atom. The van der Waals surface area contributed by atoms with Crippen LogP contribution in [0.25, 0.3) is 22.6 Å². The van der Waals surface area contributed by atoms with Gasteiger partial charge in [-0.05, 0) is 43.3 Å². The van der Waals surface area contributed by atoms with Crippen LogP contribution in [0.5, 0.6) is 5.75 Å². The maximum absolute atomic E-state index is 12.8. The highest BCUT2D eigenvalue weighted by Gasteiger charge is 2.22. The maximum atomic E-state index is 12.8. The summed E-state index contributed by atoms with van der Waals surface area (Å²) >= 11 is 6.05. The molecule has 9 heteroatoms. The van der Waals surface area contributed by atoms with E-state index in [4.69, 9.17) is 30.0 Å². The van der Waals surface area contributed by atoms with Gasteiger partial charge in [-0.15, -0.1) is 0 Å². The molecule has 0 amide bonds. The van der Waals surface area contributed by atoms with E-state index in [1.807, 2.05) is 0 Å². The van der Waals surface area contributed by atoms with Crippen molar-refractivity contribution in [3.8, 4) is 17.2 Å². The maximum Gasteiger partial charge on any atom is 0.339 e. The van der Waals surface area contributed by atoms with Crippen molar-refractivity contribution >= 4 is 34.5 Å². The molecule has 30 heavy (non-hydrogen) atoms. The highest BCUT2D eigenvalue weighted by molar-refractivity contribution is 6.32. The van der Waals surface area contributed by atoms with Gasteiger partial charge in [0, 0.05) is 5.56 Å². The zero-order valence-electron chi connectivity index (χ0n) is 16.0. The van der Waals surface area contributed by atoms with Crippen LogP contribution in [0.3, 0.4) is 0 Å². The SMILES string of the molecule is COc1ccc(C(=O)COC(=O)c2cc(-c3ccco3)nc3onc(C)c23)cc1Cl. The molecule has 4 aromatic rings. The Balaban J connectivity index is 1.59. The van der Waals surface area contributed by atoms with E-state index in [1.165, 1.54) is 25.5 Å². The van der Waals surface area contributed by atoms with Gasteiger partial charge < -0.3 is 18.4 Å². The lowest BCUT2D eigenvalue weighted by Gasteiger charge is -2.08. The van der Waals surface area contributed by atoms with Crippen molar-refractivity contribution in [2.24, 2.45) is 0 Å². The van der Waals surface area contributed by atoms with Crippen LogP contribution in [0.2, 0.25) is 5.02 Å². The van der Waals surface area contributed by atoms with Crippen LogP contribution in [0, 0.1) is 6.92 Å². The lowest BCUT2D eigenvalue weighted by molar-refractivity contribution is 0.0476. The number of aryl methyl sites for hydroxylation is 1. The van der Waals surface area contributed by atoms with Gasteiger partial charge in [-0.2, -0.15) is 0 Å². The van der Waals surface area contributed by atoms with Gasteiger partial charge in [0.05, 0.1) is 35.0 Å². The van der Waals surface area contributed by atoms with Gasteiger partial charge in [0.1, 0.15) is 11.4 Å². The number of ketones is 1. The third-order valence-corrected chi connectivity index (χ3v) is 4.71. The molecule has 0 atom stereocenters. The van der Waals surface area contributed by atoms with Crippen LogP contribution in [-0.4, -0.2) is 35.6 Å². The quantitative estimate of drug-likeness (QED) is 0.328. The summed E-state index contributed by atoms with van der Waals surface area (Å²) in [6, 6.07) is 9.49. The molecule has 0 saturated carbocycles. The highest BCUT2D eigenvalue weighted by Crippen LogP contribution is 2.28. The third-order valence-electron chi connectivity index (χ3n) is 4.42. The molecule has 0 unspecified atom stereocenters. The molecule has 1 aromatic carbocycles. The van der Waals surface area contributed by atoms with Crippen molar-refractivity contribution in [3.05, 3.63) is 64.5 Å². The van der Waals surface area contributed by atoms with Crippen LogP contribution >= 0.6 is 11.6 Å². The fourth-order valence-electron chi connectivity index (χ4n) is 2.94. The van der Waals surface area contributed by atoms with E-state index >= 15 is 0 Å². The first-order chi connectivity index (χ1) is 14.5. The van der Waals surface area contributed by atoms with E-state index in [9.17, 15) is 9.59 Å². The van der Waals surface area contributed by atoms with E-state index in [1.54, 1.807) is 31.2 Å². The first-order valence-corrected chi connectivity index (χ1v) is 9.20. The molecule has 0 bridgehead atoms. The van der Waals surface area contributed by atoms with E-state index in [2.05, 4.69) is 10.1 Å². The van der Waals surface area contributed by atoms with E-state index in [0.717, 1.165) is 0 Å². The average Bonchev–Trinajstić information content (AvgIpc) is 3.41. The van der Waals surface area contributed by atoms with Crippen molar-refractivity contribution in [2.75, 3.05) is 13.7 Å². The number of pyridine rings is 1. The molecule has 0 aliphatic heterocycles. The van der Waals surface area contributed by atoms with Gasteiger partial charge in [-0.25, -0.2) is 9.78 Å². The molecule has 0 aliphatic rings. The molecule has 0 fully saturated rings. The fraction of sp³-hybridized carbons (Fsp3) is 0.143. The summed E-state index contributed by atoms with van der Waals surface area (Å²) in [7, 11) is 1.48. The summed E-state index contributed by atoms with van der Waals surface area (Å²) in [5.74, 6) is -0.234. The number of rotatable bonds is 6. The van der Waals surface area contributed by atoms with E-state index in [0.29, 0.717) is 33.8 Å². The van der Waals surface area contributed by atoms with E-state index < -0.39 is 18.4 Å². The Morgan fingerprint density at radius 1 is 1.20 bits per heavy atom. The van der Waals surface area contributed by atoms with Crippen LogP contribution in [0.15, 0.2) is 51.6 Å². The van der Waals surface area contributed by atoms with Crippen LogP contribution < -0.4 is 4.74 Å². The van der Waals surface area contributed by atoms with Crippen LogP contribution in [-0.2, 0) is 4.74 Å². The second-order valence-corrected chi connectivity index (χ2v) is 6.74. The molecule has 0 N–H and O–H groups in total. The number of hydrogen-bond donors (Lipinski definition) is 0. The minimum absolute atomic E-state index is 0.168. The molecule has 3 aromatic heterocycles. The minimum atomic E-state index is -0.713. The van der Waals surface area contributed by atoms with Gasteiger partial charge in [-0.1, -0.05) is 16.8 Å². The number of esters is 1. The number of hydrogen-bond acceptors (Lipinski definition) is 8. The molecule has 3 heterocycles. The smallest absolute Gasteiger partial charge is 0.339 e. The predicted octanol–water partition coefficient (Wildman–Crippen LogP) is 4.49. The van der Waals surface area contributed by atoms with Crippen LogP contribution in [0.1, 0.15) is 26.4 Å². The van der Waals surface area contributed by atoms with Gasteiger partial charge in [0.25, 0.3) is 5.71 Å². The second-order valence-electron chi connectivity index (χ2n) is 6.33. The number of Topliss-reactive ketones (excluding diaryl/α,β-unsaturated/α-hetero) is 1. The number of methoxy groups -OCH3 is 1. The number of carbonyl (C=O) groups is 2. The number of ether oxygens (including phenoxy) is 2. The Kier molecular flexibility index (Phi) is 5.24. The first kappa shape index (κ1) is 19.7. The number of furan rings is 1. The molecule has 0 saturated heterocycles. The molecule has 8 nitrogen and oxygen atoms in total. The summed E-state index contributed by atoms with van der Waals surface area (Å²) in [5, 5.41) is 4.56. The number of nitrogens with zero attached hydrogens (tertiary/aromatic N) is 2. The summed E-state index contributed by atoms with van der Waals surface area (Å²) in [6.07, 6.45) is 1.49. The van der Waals surface area contributed by atoms with Gasteiger partial charge >= 0.3 is 5.97 Å². The van der Waals surface area contributed by atoms with Crippen LogP contribution in [0.4, 0.5) is 0 Å². The molecular formula is C21H15ClN2O6. The van der Waals surface area contributed by atoms with Crippen molar-refractivity contribution in [1.82, 2.24) is 10.1 Å². The molecule has 0 aliphatic carbocycles. The lowest BCUT2D eigenvalue weighted by atomic mass is 10.1. The molecule has 0 radical (unpaired) electrons. The Labute approximate surface area is 175 Å². The number of benzene rings is 1. The number of aromatic nitrogens is 2. The fourth-order valence-corrected chi connectivity index (χ4v) is 3.20. The highest BCUT2D eigenvalue weighted by atomic mass is 35.5. The summed E-state index contributed by atoms with van der Waals surface area (Å²) in [5.41, 5.74) is 1.49. The van der Waals surface area contributed by atoms with Crippen molar-refractivity contribution in [2.45, 2.75) is 6.92 Å². The Morgan fingerprint density at radius 2 is 2.03 bits per heavy atom. The van der Waals surface area contributed by atoms with Crippen molar-refractivity contribution in [3.63, 3.8) is 0 Å². The van der Waals surface area contributed by atoms with Gasteiger partial charge in [0.15, 0.2) is 18.2 Å². The number of halogens is 1. The van der Waals surface area contributed by atoms with Crippen molar-refractivity contribution < 1.29 is 28.0 Å². The van der Waals surface area contributed by atoms with Gasteiger partial charge in [0.2, 0.25) is 0 Å². The molecular weight excluding hydrogens is 412 g/mol. The molecule has 4 rings (SSSR count). The normalized spacial score (nSPS) is 10.9. The van der Waals surface area contributed by atoms with Crippen molar-refractivity contribution in [1.29, 1.82) is 0 Å². The number of carbonyl (C=O) groups excluding carboxylic acids is 2. The molecule has 0 spiro atoms. The monoisotopic (exact) mass is 426 g/mol. The zero-order chi connectivity index (χ0) is 21.3. The summed E-state index contributed by atoms with van der Waals surface area (Å²) in [4.78, 5) is 29.5. The predicted molar refractivity (Wildman–Crippen MR) is 107 cm³/mol. The lowest BCUT2D eigenvalue weighted by Crippen LogP contribution is -2.15. The largest absolute Gasteiger partial charge is 0.495 e. The summed E-state index contributed by atoms with van der Waals surface area (Å²) < 4.78 is 20.9. The topological polar surface area (TPSA) is 105 Å². The standard InChI is InChI=1S/C21H15ClN2O6/c1-11-19-13(9-15(18-4-3-7-28-18)23-20(19)30-24-11)21(26)29-10-16(25)12-5-6-17(27-2)14(22)8-12/h3-9H,10H2,1-2H3. The Hall–Kier alpha value is -3.65. The van der Waals surface area contributed by atoms with Gasteiger partial charge in [-0.3, -0.25) is 4.79 Å². The number of fused-ring (bicyclic) bond motifs is 1. The average molecular weight is 427 g/mol. The third kappa shape index (κ3) is 3.65. The second kappa shape index (κ2) is 8.00. The summed E-state index contributed by atoms with van der Waals surface area (Å²) in [6.45, 7) is 1.22. The van der Waals surface area contributed by atoms with E-state index in [-0.39, 0.29) is 16.3 Å².